The van der Waals surface area contributed by atoms with Gasteiger partial charge in [0, 0.05) is 7.11 Å². The van der Waals surface area contributed by atoms with Crippen LogP contribution in [0.25, 0.3) is 0 Å². The summed E-state index contributed by atoms with van der Waals surface area (Å²) >= 11 is 0. The topological polar surface area (TPSA) is 74.2 Å². The molecule has 5 heteroatoms. The van der Waals surface area contributed by atoms with Crippen LogP contribution in [0, 0.1) is 5.41 Å². The molecule has 1 rings (SSSR count). The van der Waals surface area contributed by atoms with Gasteiger partial charge in [-0.3, -0.25) is 0 Å². The molecule has 1 aromatic rings. The van der Waals surface area contributed by atoms with Crippen molar-refractivity contribution in [3.8, 4) is 0 Å². The van der Waals surface area contributed by atoms with Crippen LogP contribution in [0.1, 0.15) is 52.4 Å². The largest absolute Gasteiger partial charge is 0.369 e. The van der Waals surface area contributed by atoms with Crippen molar-refractivity contribution in [3.05, 3.63) is 11.7 Å². The highest BCUT2D eigenvalue weighted by Gasteiger charge is 2.31. The molecule has 1 aromatic heterocycles. The first kappa shape index (κ1) is 13.1. The van der Waals surface area contributed by atoms with Gasteiger partial charge in [-0.2, -0.15) is 4.98 Å². The van der Waals surface area contributed by atoms with E-state index in [1.165, 1.54) is 0 Å². The number of aromatic nitrogens is 2. The molecular weight excluding hydrogens is 206 g/mol. The van der Waals surface area contributed by atoms with Gasteiger partial charge in [0.2, 0.25) is 0 Å². The SMILES string of the molecule is COC(C)(C)c1nc(C(N)C(C)(C)C)no1. The summed E-state index contributed by atoms with van der Waals surface area (Å²) in [5.74, 6) is 0.970. The summed E-state index contributed by atoms with van der Waals surface area (Å²) in [5.41, 5.74) is 5.36. The van der Waals surface area contributed by atoms with Crippen LogP contribution >= 0.6 is 0 Å². The predicted octanol–water partition coefficient (Wildman–Crippen LogP) is 2.00. The van der Waals surface area contributed by atoms with Crippen LogP contribution in [0.3, 0.4) is 0 Å². The van der Waals surface area contributed by atoms with Crippen LogP contribution in [0.4, 0.5) is 0 Å². The van der Waals surface area contributed by atoms with Crippen LogP contribution in [-0.2, 0) is 10.3 Å². The molecule has 0 radical (unpaired) electrons. The number of methoxy groups -OCH3 is 1. The maximum absolute atomic E-state index is 6.04. The summed E-state index contributed by atoms with van der Waals surface area (Å²) in [6.07, 6.45) is 0. The molecule has 0 aliphatic rings. The van der Waals surface area contributed by atoms with Crippen LogP contribution < -0.4 is 5.73 Å². The molecule has 1 unspecified atom stereocenters. The van der Waals surface area contributed by atoms with E-state index in [4.69, 9.17) is 15.0 Å². The van der Waals surface area contributed by atoms with Crippen LogP contribution in [0.2, 0.25) is 0 Å². The maximum Gasteiger partial charge on any atom is 0.258 e. The molecule has 0 bridgehead atoms. The normalized spacial score (nSPS) is 15.2. The lowest BCUT2D eigenvalue weighted by molar-refractivity contribution is -0.00786. The highest BCUT2D eigenvalue weighted by Crippen LogP contribution is 2.30. The molecule has 0 aliphatic heterocycles. The number of hydrogen-bond acceptors (Lipinski definition) is 5. The van der Waals surface area contributed by atoms with Gasteiger partial charge in [0.15, 0.2) is 5.82 Å². The molecule has 0 saturated carbocycles. The van der Waals surface area contributed by atoms with Gasteiger partial charge < -0.3 is 15.0 Å². The van der Waals surface area contributed by atoms with Gasteiger partial charge in [0.1, 0.15) is 5.60 Å². The second kappa shape index (κ2) is 4.14. The second-order valence-electron chi connectivity index (χ2n) is 5.52. The van der Waals surface area contributed by atoms with E-state index in [0.29, 0.717) is 11.7 Å². The average molecular weight is 227 g/mol. The highest BCUT2D eigenvalue weighted by molar-refractivity contribution is 5.01. The molecule has 1 atom stereocenters. The van der Waals surface area contributed by atoms with Gasteiger partial charge in [-0.15, -0.1) is 0 Å². The lowest BCUT2D eigenvalue weighted by atomic mass is 9.87. The van der Waals surface area contributed by atoms with Gasteiger partial charge >= 0.3 is 0 Å². The Kier molecular flexibility index (Phi) is 3.40. The standard InChI is InChI=1S/C11H21N3O2/c1-10(2,3)7(12)8-13-9(16-14-8)11(4,5)15-6/h7H,12H2,1-6H3. The summed E-state index contributed by atoms with van der Waals surface area (Å²) in [7, 11) is 1.60. The fourth-order valence-electron chi connectivity index (χ4n) is 1.08. The molecule has 2 N–H and O–H groups in total. The van der Waals surface area contributed by atoms with Crippen molar-refractivity contribution in [2.75, 3.05) is 7.11 Å². The molecule has 0 spiro atoms. The Bertz CT molecular complexity index is 352. The molecule has 0 aromatic carbocycles. The number of nitrogens with two attached hydrogens (primary N) is 1. The second-order valence-corrected chi connectivity index (χ2v) is 5.52. The highest BCUT2D eigenvalue weighted by atomic mass is 16.5. The summed E-state index contributed by atoms with van der Waals surface area (Å²) in [6, 6.07) is -0.252. The fraction of sp³-hybridized carbons (Fsp3) is 0.818. The number of rotatable bonds is 3. The maximum atomic E-state index is 6.04. The van der Waals surface area contributed by atoms with Crippen LogP contribution in [0.15, 0.2) is 4.52 Å². The smallest absolute Gasteiger partial charge is 0.258 e. The predicted molar refractivity (Wildman–Crippen MR) is 60.7 cm³/mol. The zero-order chi connectivity index (χ0) is 12.6. The van der Waals surface area contributed by atoms with Crippen molar-refractivity contribution in [3.63, 3.8) is 0 Å². The number of hydrogen-bond donors (Lipinski definition) is 1. The Balaban J connectivity index is 2.96. The van der Waals surface area contributed by atoms with E-state index in [2.05, 4.69) is 10.1 Å². The van der Waals surface area contributed by atoms with Crippen LogP contribution in [0.5, 0.6) is 0 Å². The number of nitrogens with zero attached hydrogens (tertiary/aromatic N) is 2. The van der Waals surface area contributed by atoms with E-state index < -0.39 is 5.60 Å². The molecule has 0 fully saturated rings. The third-order valence-corrected chi connectivity index (χ3v) is 2.68. The lowest BCUT2D eigenvalue weighted by Gasteiger charge is -2.23. The first-order chi connectivity index (χ1) is 7.18. The van der Waals surface area contributed by atoms with Crippen molar-refractivity contribution in [2.45, 2.75) is 46.3 Å². The van der Waals surface area contributed by atoms with Gasteiger partial charge in [-0.25, -0.2) is 0 Å². The zero-order valence-corrected chi connectivity index (χ0v) is 10.9. The van der Waals surface area contributed by atoms with Crippen molar-refractivity contribution in [2.24, 2.45) is 11.1 Å². The summed E-state index contributed by atoms with van der Waals surface area (Å²) in [6.45, 7) is 9.85. The minimum atomic E-state index is -0.581. The minimum Gasteiger partial charge on any atom is -0.369 e. The molecule has 5 nitrogen and oxygen atoms in total. The minimum absolute atomic E-state index is 0.0989. The molecule has 1 heterocycles. The molecular formula is C11H21N3O2. The van der Waals surface area contributed by atoms with Gasteiger partial charge in [-0.1, -0.05) is 25.9 Å². The fourth-order valence-corrected chi connectivity index (χ4v) is 1.08. The van der Waals surface area contributed by atoms with Crippen molar-refractivity contribution < 1.29 is 9.26 Å². The third-order valence-electron chi connectivity index (χ3n) is 2.68. The van der Waals surface area contributed by atoms with E-state index >= 15 is 0 Å². The number of ether oxygens (including phenoxy) is 1. The molecule has 0 amide bonds. The average Bonchev–Trinajstić information content (AvgIpc) is 2.64. The van der Waals surface area contributed by atoms with E-state index in [0.717, 1.165) is 0 Å². The Hall–Kier alpha value is -0.940. The monoisotopic (exact) mass is 227 g/mol. The zero-order valence-electron chi connectivity index (χ0n) is 10.9. The lowest BCUT2D eigenvalue weighted by Crippen LogP contribution is -2.27. The van der Waals surface area contributed by atoms with E-state index in [9.17, 15) is 0 Å². The molecule has 0 aliphatic carbocycles. The quantitative estimate of drug-likeness (QED) is 0.854. The van der Waals surface area contributed by atoms with Gasteiger partial charge in [0.25, 0.3) is 5.89 Å². The van der Waals surface area contributed by atoms with Gasteiger partial charge in [-0.05, 0) is 19.3 Å². The first-order valence-corrected chi connectivity index (χ1v) is 5.33. The summed E-state index contributed by atoms with van der Waals surface area (Å²) < 4.78 is 10.4. The summed E-state index contributed by atoms with van der Waals surface area (Å²) in [5, 5.41) is 3.91. The van der Waals surface area contributed by atoms with Gasteiger partial charge in [0.05, 0.1) is 6.04 Å². The summed E-state index contributed by atoms with van der Waals surface area (Å²) in [4.78, 5) is 4.29. The van der Waals surface area contributed by atoms with Crippen molar-refractivity contribution in [1.29, 1.82) is 0 Å². The van der Waals surface area contributed by atoms with Crippen LogP contribution in [-0.4, -0.2) is 17.3 Å². The third kappa shape index (κ3) is 2.59. The Morgan fingerprint density at radius 1 is 1.25 bits per heavy atom. The van der Waals surface area contributed by atoms with E-state index in [-0.39, 0.29) is 11.5 Å². The van der Waals surface area contributed by atoms with Crippen molar-refractivity contribution >= 4 is 0 Å². The van der Waals surface area contributed by atoms with E-state index in [1.807, 2.05) is 34.6 Å². The molecule has 16 heavy (non-hydrogen) atoms. The Morgan fingerprint density at radius 2 is 1.81 bits per heavy atom. The Morgan fingerprint density at radius 3 is 2.25 bits per heavy atom. The molecule has 92 valence electrons. The Labute approximate surface area is 96.4 Å². The molecule has 0 saturated heterocycles. The van der Waals surface area contributed by atoms with E-state index in [1.54, 1.807) is 7.11 Å². The van der Waals surface area contributed by atoms with Crippen molar-refractivity contribution in [1.82, 2.24) is 10.1 Å². The first-order valence-electron chi connectivity index (χ1n) is 5.33.